The third-order valence-electron chi connectivity index (χ3n) is 3.94. The molecule has 0 aliphatic heterocycles. The number of aliphatic carboxylic acids is 1. The van der Waals surface area contributed by atoms with Crippen molar-refractivity contribution >= 4 is 11.9 Å². The molecule has 1 aliphatic rings. The molecule has 1 amide bonds. The van der Waals surface area contributed by atoms with Crippen LogP contribution in [-0.4, -0.2) is 23.5 Å². The van der Waals surface area contributed by atoms with Crippen molar-refractivity contribution in [1.29, 1.82) is 0 Å². The van der Waals surface area contributed by atoms with Crippen molar-refractivity contribution in [2.75, 3.05) is 6.54 Å². The van der Waals surface area contributed by atoms with Crippen LogP contribution in [0.1, 0.15) is 46.0 Å². The summed E-state index contributed by atoms with van der Waals surface area (Å²) in [5.74, 6) is -0.781. The Hall–Kier alpha value is -1.32. The Morgan fingerprint density at radius 2 is 2.06 bits per heavy atom. The lowest BCUT2D eigenvalue weighted by molar-refractivity contribution is -0.147. The van der Waals surface area contributed by atoms with Crippen molar-refractivity contribution in [3.8, 4) is 0 Å². The van der Waals surface area contributed by atoms with Crippen LogP contribution in [-0.2, 0) is 9.59 Å². The smallest absolute Gasteiger partial charge is 0.309 e. The van der Waals surface area contributed by atoms with Crippen LogP contribution < -0.4 is 5.32 Å². The lowest BCUT2D eigenvalue weighted by Gasteiger charge is -2.39. The number of carboxylic acids is 1. The molecule has 0 spiro atoms. The monoisotopic (exact) mass is 253 g/mol. The summed E-state index contributed by atoms with van der Waals surface area (Å²) in [7, 11) is 0. The zero-order chi connectivity index (χ0) is 13.8. The standard InChI is InChI=1S/C14H23NO3/c1-4-6-14(7-5-8-14)11(16)15-10-9-13(2,3)12(17)18/h4H,1,5-10H2,2-3H3,(H,15,16)(H,17,18). The van der Waals surface area contributed by atoms with Gasteiger partial charge in [0.05, 0.1) is 10.8 Å². The maximum atomic E-state index is 12.1. The molecule has 18 heavy (non-hydrogen) atoms. The average molecular weight is 253 g/mol. The minimum Gasteiger partial charge on any atom is -0.481 e. The van der Waals surface area contributed by atoms with E-state index in [0.717, 1.165) is 19.3 Å². The fourth-order valence-corrected chi connectivity index (χ4v) is 2.19. The Balaban J connectivity index is 2.42. The van der Waals surface area contributed by atoms with E-state index in [1.54, 1.807) is 19.9 Å². The van der Waals surface area contributed by atoms with Gasteiger partial charge in [-0.2, -0.15) is 0 Å². The Morgan fingerprint density at radius 3 is 2.44 bits per heavy atom. The van der Waals surface area contributed by atoms with Crippen LogP contribution in [0.25, 0.3) is 0 Å². The van der Waals surface area contributed by atoms with Crippen molar-refractivity contribution < 1.29 is 14.7 Å². The molecule has 0 aromatic heterocycles. The second-order valence-corrected chi connectivity index (χ2v) is 5.82. The molecule has 1 fully saturated rings. The molecule has 0 unspecified atom stereocenters. The molecular formula is C14H23NO3. The summed E-state index contributed by atoms with van der Waals surface area (Å²) >= 11 is 0. The van der Waals surface area contributed by atoms with E-state index in [-0.39, 0.29) is 11.3 Å². The van der Waals surface area contributed by atoms with E-state index in [1.165, 1.54) is 0 Å². The van der Waals surface area contributed by atoms with Crippen molar-refractivity contribution in [1.82, 2.24) is 5.32 Å². The predicted octanol–water partition coefficient (Wildman–Crippen LogP) is 2.35. The van der Waals surface area contributed by atoms with E-state index in [1.807, 2.05) is 0 Å². The number of hydrogen-bond donors (Lipinski definition) is 2. The molecule has 2 N–H and O–H groups in total. The summed E-state index contributed by atoms with van der Waals surface area (Å²) in [6.45, 7) is 7.45. The molecule has 0 aromatic rings. The van der Waals surface area contributed by atoms with Crippen LogP contribution in [0.4, 0.5) is 0 Å². The van der Waals surface area contributed by atoms with E-state index in [0.29, 0.717) is 19.4 Å². The molecule has 0 saturated heterocycles. The summed E-state index contributed by atoms with van der Waals surface area (Å²) in [5, 5.41) is 11.9. The van der Waals surface area contributed by atoms with Crippen molar-refractivity contribution in [3.63, 3.8) is 0 Å². The Labute approximate surface area is 108 Å². The van der Waals surface area contributed by atoms with Crippen molar-refractivity contribution in [2.24, 2.45) is 10.8 Å². The van der Waals surface area contributed by atoms with E-state index < -0.39 is 11.4 Å². The van der Waals surface area contributed by atoms with Gasteiger partial charge in [-0.1, -0.05) is 12.5 Å². The summed E-state index contributed by atoms with van der Waals surface area (Å²) < 4.78 is 0. The van der Waals surface area contributed by atoms with E-state index in [9.17, 15) is 9.59 Å². The zero-order valence-electron chi connectivity index (χ0n) is 11.3. The van der Waals surface area contributed by atoms with Crippen LogP contribution in [0.5, 0.6) is 0 Å². The van der Waals surface area contributed by atoms with Gasteiger partial charge in [0.2, 0.25) is 5.91 Å². The zero-order valence-corrected chi connectivity index (χ0v) is 11.3. The first-order valence-electron chi connectivity index (χ1n) is 6.47. The number of nitrogens with one attached hydrogen (secondary N) is 1. The van der Waals surface area contributed by atoms with Gasteiger partial charge in [0.25, 0.3) is 0 Å². The van der Waals surface area contributed by atoms with Crippen molar-refractivity contribution in [2.45, 2.75) is 46.0 Å². The van der Waals surface area contributed by atoms with Gasteiger partial charge in [0.15, 0.2) is 0 Å². The fraction of sp³-hybridized carbons (Fsp3) is 0.714. The SMILES string of the molecule is C=CCC1(C(=O)NCCC(C)(C)C(=O)O)CCC1. The molecule has 1 saturated carbocycles. The highest BCUT2D eigenvalue weighted by Gasteiger charge is 2.42. The lowest BCUT2D eigenvalue weighted by Crippen LogP contribution is -2.46. The third kappa shape index (κ3) is 3.12. The molecule has 102 valence electrons. The molecule has 0 radical (unpaired) electrons. The van der Waals surface area contributed by atoms with Gasteiger partial charge < -0.3 is 10.4 Å². The number of rotatable bonds is 7. The summed E-state index contributed by atoms with van der Waals surface area (Å²) in [6, 6.07) is 0. The second-order valence-electron chi connectivity index (χ2n) is 5.82. The topological polar surface area (TPSA) is 66.4 Å². The minimum atomic E-state index is -0.832. The third-order valence-corrected chi connectivity index (χ3v) is 3.94. The normalized spacial score (nSPS) is 17.7. The Morgan fingerprint density at radius 1 is 1.44 bits per heavy atom. The van der Waals surface area contributed by atoms with Gasteiger partial charge in [0, 0.05) is 6.54 Å². The first kappa shape index (κ1) is 14.7. The van der Waals surface area contributed by atoms with Gasteiger partial charge in [-0.15, -0.1) is 6.58 Å². The number of carbonyl (C=O) groups is 2. The van der Waals surface area contributed by atoms with Crippen LogP contribution in [0.15, 0.2) is 12.7 Å². The highest BCUT2D eigenvalue weighted by Crippen LogP contribution is 2.44. The fourth-order valence-electron chi connectivity index (χ4n) is 2.19. The number of carboxylic acid groups (broad SMARTS) is 1. The molecule has 1 rings (SSSR count). The van der Waals surface area contributed by atoms with Gasteiger partial charge in [-0.25, -0.2) is 0 Å². The lowest BCUT2D eigenvalue weighted by atomic mass is 9.66. The number of allylic oxidation sites excluding steroid dienone is 1. The molecular weight excluding hydrogens is 230 g/mol. The summed E-state index contributed by atoms with van der Waals surface area (Å²) in [6.07, 6.45) is 5.85. The predicted molar refractivity (Wildman–Crippen MR) is 70.1 cm³/mol. The van der Waals surface area contributed by atoms with Crippen LogP contribution >= 0.6 is 0 Å². The maximum Gasteiger partial charge on any atom is 0.309 e. The summed E-state index contributed by atoms with van der Waals surface area (Å²) in [4.78, 5) is 23.0. The maximum absolute atomic E-state index is 12.1. The minimum absolute atomic E-state index is 0.0508. The number of hydrogen-bond acceptors (Lipinski definition) is 2. The molecule has 1 aliphatic carbocycles. The van der Waals surface area contributed by atoms with Gasteiger partial charge in [0.1, 0.15) is 0 Å². The van der Waals surface area contributed by atoms with Gasteiger partial charge in [-0.3, -0.25) is 9.59 Å². The van der Waals surface area contributed by atoms with Gasteiger partial charge >= 0.3 is 5.97 Å². The molecule has 0 aromatic carbocycles. The first-order chi connectivity index (χ1) is 8.34. The van der Waals surface area contributed by atoms with Crippen LogP contribution in [0.3, 0.4) is 0 Å². The first-order valence-corrected chi connectivity index (χ1v) is 6.47. The molecule has 0 heterocycles. The molecule has 4 heteroatoms. The highest BCUT2D eigenvalue weighted by atomic mass is 16.4. The Kier molecular flexibility index (Phi) is 4.54. The van der Waals surface area contributed by atoms with E-state index in [4.69, 9.17) is 5.11 Å². The highest BCUT2D eigenvalue weighted by molar-refractivity contribution is 5.83. The summed E-state index contributed by atoms with van der Waals surface area (Å²) in [5.41, 5.74) is -1.06. The van der Waals surface area contributed by atoms with Crippen molar-refractivity contribution in [3.05, 3.63) is 12.7 Å². The van der Waals surface area contributed by atoms with E-state index >= 15 is 0 Å². The average Bonchev–Trinajstić information content (AvgIpc) is 2.22. The quantitative estimate of drug-likeness (QED) is 0.684. The number of carbonyl (C=O) groups excluding carboxylic acids is 1. The van der Waals surface area contributed by atoms with E-state index in [2.05, 4.69) is 11.9 Å². The van der Waals surface area contributed by atoms with Crippen LogP contribution in [0, 0.1) is 10.8 Å². The van der Waals surface area contributed by atoms with Crippen LogP contribution in [0.2, 0.25) is 0 Å². The molecule has 0 atom stereocenters. The largest absolute Gasteiger partial charge is 0.481 e. The number of amides is 1. The Bertz CT molecular complexity index is 343. The second kappa shape index (κ2) is 5.55. The molecule has 4 nitrogen and oxygen atoms in total. The molecule has 0 bridgehead atoms. The van der Waals surface area contributed by atoms with Gasteiger partial charge in [-0.05, 0) is 39.5 Å².